The maximum Gasteiger partial charge on any atom is 0.273 e. The molecule has 1 aliphatic carbocycles. The molecule has 2 aliphatic rings. The van der Waals surface area contributed by atoms with E-state index < -0.39 is 0 Å². The molecular weight excluding hydrogens is 453 g/mol. The van der Waals surface area contributed by atoms with Gasteiger partial charge in [-0.05, 0) is 55.3 Å². The molecule has 0 saturated heterocycles. The van der Waals surface area contributed by atoms with Gasteiger partial charge in [0.2, 0.25) is 0 Å². The maximum atomic E-state index is 13.7. The number of amides is 1. The average Bonchev–Trinajstić information content (AvgIpc) is 3.15. The second-order valence-electron chi connectivity index (χ2n) is 8.21. The van der Waals surface area contributed by atoms with Gasteiger partial charge in [-0.1, -0.05) is 54.1 Å². The van der Waals surface area contributed by atoms with E-state index in [-0.39, 0.29) is 5.91 Å². The van der Waals surface area contributed by atoms with Crippen LogP contribution in [0.3, 0.4) is 0 Å². The molecule has 0 bridgehead atoms. The van der Waals surface area contributed by atoms with Crippen LogP contribution in [0.1, 0.15) is 48.3 Å². The summed E-state index contributed by atoms with van der Waals surface area (Å²) < 4.78 is 1.93. The second-order valence-corrected chi connectivity index (χ2v) is 9.49. The zero-order chi connectivity index (χ0) is 21.5. The zero-order valence-corrected chi connectivity index (χ0v) is 19.2. The standard InChI is InChI=1S/C24H22Cl3N3O/c25-15-6-9-18(10-7-15)30-22-21(28-23(30)19-11-8-16(26)14-20(19)27)12-13-29(24(22)31)17-4-2-1-3-5-17/h6-11,14,17H,1-5,12-13H2. The van der Waals surface area contributed by atoms with Crippen molar-refractivity contribution in [3.8, 4) is 17.1 Å². The lowest BCUT2D eigenvalue weighted by Crippen LogP contribution is -2.46. The van der Waals surface area contributed by atoms with Crippen LogP contribution in [-0.4, -0.2) is 32.9 Å². The van der Waals surface area contributed by atoms with Crippen molar-refractivity contribution < 1.29 is 4.79 Å². The van der Waals surface area contributed by atoms with Gasteiger partial charge in [0.15, 0.2) is 0 Å². The van der Waals surface area contributed by atoms with Crippen LogP contribution in [-0.2, 0) is 6.42 Å². The summed E-state index contributed by atoms with van der Waals surface area (Å²) in [5, 5.41) is 1.70. The van der Waals surface area contributed by atoms with Crippen molar-refractivity contribution in [1.29, 1.82) is 0 Å². The highest BCUT2D eigenvalue weighted by atomic mass is 35.5. The van der Waals surface area contributed by atoms with E-state index in [0.717, 1.165) is 36.2 Å². The fraction of sp³-hybridized carbons (Fsp3) is 0.333. The van der Waals surface area contributed by atoms with E-state index in [9.17, 15) is 4.79 Å². The first-order chi connectivity index (χ1) is 15.0. The summed E-state index contributed by atoms with van der Waals surface area (Å²) >= 11 is 18.8. The summed E-state index contributed by atoms with van der Waals surface area (Å²) in [7, 11) is 0. The van der Waals surface area contributed by atoms with Gasteiger partial charge in [0.05, 0.1) is 10.7 Å². The lowest BCUT2D eigenvalue weighted by Gasteiger charge is -2.36. The lowest BCUT2D eigenvalue weighted by molar-refractivity contribution is 0.0605. The summed E-state index contributed by atoms with van der Waals surface area (Å²) in [5.41, 5.74) is 3.01. The Bertz CT molecular complexity index is 1130. The Kier molecular flexibility index (Phi) is 5.72. The predicted octanol–water partition coefficient (Wildman–Crippen LogP) is 6.83. The number of imidazole rings is 1. The number of carbonyl (C=O) groups is 1. The van der Waals surface area contributed by atoms with Crippen molar-refractivity contribution in [2.45, 2.75) is 44.6 Å². The van der Waals surface area contributed by atoms with Crippen LogP contribution in [0.25, 0.3) is 17.1 Å². The van der Waals surface area contributed by atoms with Gasteiger partial charge < -0.3 is 4.90 Å². The molecular formula is C24H22Cl3N3O. The summed E-state index contributed by atoms with van der Waals surface area (Å²) in [6.45, 7) is 0.710. The number of halogens is 3. The first kappa shape index (κ1) is 20.9. The number of fused-ring (bicyclic) bond motifs is 1. The molecule has 7 heteroatoms. The number of hydrogen-bond acceptors (Lipinski definition) is 2. The minimum Gasteiger partial charge on any atom is -0.334 e. The molecule has 1 aliphatic heterocycles. The van der Waals surface area contributed by atoms with Crippen LogP contribution < -0.4 is 0 Å². The Morgan fingerprint density at radius 2 is 1.61 bits per heavy atom. The molecule has 31 heavy (non-hydrogen) atoms. The number of benzene rings is 2. The third-order valence-corrected chi connectivity index (χ3v) is 7.07. The molecule has 2 heterocycles. The first-order valence-corrected chi connectivity index (χ1v) is 11.8. The lowest BCUT2D eigenvalue weighted by atomic mass is 9.92. The van der Waals surface area contributed by atoms with Crippen molar-refractivity contribution in [3.05, 3.63) is 68.9 Å². The molecule has 4 nitrogen and oxygen atoms in total. The first-order valence-electron chi connectivity index (χ1n) is 10.7. The number of rotatable bonds is 3. The van der Waals surface area contributed by atoms with E-state index in [1.54, 1.807) is 12.1 Å². The van der Waals surface area contributed by atoms with E-state index in [4.69, 9.17) is 39.8 Å². The third kappa shape index (κ3) is 3.86. The summed E-state index contributed by atoms with van der Waals surface area (Å²) in [4.78, 5) is 20.7. The van der Waals surface area contributed by atoms with Crippen LogP contribution in [0.15, 0.2) is 42.5 Å². The van der Waals surface area contributed by atoms with Crippen molar-refractivity contribution in [3.63, 3.8) is 0 Å². The number of nitrogens with zero attached hydrogens (tertiary/aromatic N) is 3. The van der Waals surface area contributed by atoms with Crippen LogP contribution in [0.4, 0.5) is 0 Å². The molecule has 0 N–H and O–H groups in total. The highest BCUT2D eigenvalue weighted by molar-refractivity contribution is 6.36. The monoisotopic (exact) mass is 473 g/mol. The van der Waals surface area contributed by atoms with E-state index in [0.29, 0.717) is 39.2 Å². The molecule has 0 radical (unpaired) electrons. The Morgan fingerprint density at radius 1 is 0.903 bits per heavy atom. The molecule has 0 atom stereocenters. The van der Waals surface area contributed by atoms with Crippen molar-refractivity contribution in [2.24, 2.45) is 0 Å². The Balaban J connectivity index is 1.67. The van der Waals surface area contributed by atoms with Crippen LogP contribution >= 0.6 is 34.8 Å². The highest BCUT2D eigenvalue weighted by Crippen LogP contribution is 2.36. The fourth-order valence-corrected chi connectivity index (χ4v) is 5.38. The van der Waals surface area contributed by atoms with Crippen LogP contribution in [0, 0.1) is 0 Å². The van der Waals surface area contributed by atoms with Crippen molar-refractivity contribution in [1.82, 2.24) is 14.5 Å². The molecule has 1 amide bonds. The van der Waals surface area contributed by atoms with Crippen LogP contribution in [0.5, 0.6) is 0 Å². The topological polar surface area (TPSA) is 38.1 Å². The SMILES string of the molecule is O=C1c2c(nc(-c3ccc(Cl)cc3Cl)n2-c2ccc(Cl)cc2)CCN1C1CCCCC1. The molecule has 0 spiro atoms. The van der Waals surface area contributed by atoms with Crippen molar-refractivity contribution >= 4 is 40.7 Å². The van der Waals surface area contributed by atoms with E-state index in [1.807, 2.05) is 34.9 Å². The Hall–Kier alpha value is -2.01. The quantitative estimate of drug-likeness (QED) is 0.417. The van der Waals surface area contributed by atoms with E-state index >= 15 is 0 Å². The van der Waals surface area contributed by atoms with E-state index in [1.165, 1.54) is 19.3 Å². The number of hydrogen-bond donors (Lipinski definition) is 0. The molecule has 5 rings (SSSR count). The van der Waals surface area contributed by atoms with E-state index in [2.05, 4.69) is 4.90 Å². The van der Waals surface area contributed by atoms with Gasteiger partial charge in [-0.3, -0.25) is 9.36 Å². The summed E-state index contributed by atoms with van der Waals surface area (Å²) in [6.07, 6.45) is 6.51. The Labute approximate surface area is 196 Å². The number of aromatic nitrogens is 2. The van der Waals surface area contributed by atoms with Gasteiger partial charge in [0.1, 0.15) is 11.5 Å². The third-order valence-electron chi connectivity index (χ3n) is 6.27. The predicted molar refractivity (Wildman–Crippen MR) is 126 cm³/mol. The highest BCUT2D eigenvalue weighted by Gasteiger charge is 2.36. The number of carbonyl (C=O) groups excluding carboxylic acids is 1. The average molecular weight is 475 g/mol. The molecule has 1 fully saturated rings. The molecule has 160 valence electrons. The zero-order valence-electron chi connectivity index (χ0n) is 17.0. The van der Waals surface area contributed by atoms with Gasteiger partial charge in [-0.15, -0.1) is 0 Å². The second kappa shape index (κ2) is 8.50. The minimum atomic E-state index is 0.0481. The summed E-state index contributed by atoms with van der Waals surface area (Å²) in [5.74, 6) is 0.694. The molecule has 2 aromatic carbocycles. The van der Waals surface area contributed by atoms with Gasteiger partial charge in [-0.2, -0.15) is 0 Å². The van der Waals surface area contributed by atoms with Gasteiger partial charge in [0.25, 0.3) is 5.91 Å². The summed E-state index contributed by atoms with van der Waals surface area (Å²) in [6, 6.07) is 13.1. The smallest absolute Gasteiger partial charge is 0.273 e. The Morgan fingerprint density at radius 3 is 2.32 bits per heavy atom. The largest absolute Gasteiger partial charge is 0.334 e. The van der Waals surface area contributed by atoms with Gasteiger partial charge >= 0.3 is 0 Å². The van der Waals surface area contributed by atoms with Gasteiger partial charge in [0, 0.05) is 40.3 Å². The molecule has 1 aromatic heterocycles. The molecule has 3 aromatic rings. The van der Waals surface area contributed by atoms with Gasteiger partial charge in [-0.25, -0.2) is 4.98 Å². The molecule has 1 saturated carbocycles. The fourth-order valence-electron chi connectivity index (χ4n) is 4.76. The normalized spacial score (nSPS) is 17.1. The maximum absolute atomic E-state index is 13.7. The minimum absolute atomic E-state index is 0.0481. The molecule has 0 unspecified atom stereocenters. The van der Waals surface area contributed by atoms with Crippen molar-refractivity contribution in [2.75, 3.05) is 6.54 Å². The van der Waals surface area contributed by atoms with Crippen LogP contribution in [0.2, 0.25) is 15.1 Å².